The average Bonchev–Trinajstić information content (AvgIpc) is 3.09. The summed E-state index contributed by atoms with van der Waals surface area (Å²) in [7, 11) is 0. The number of rotatable bonds is 4. The van der Waals surface area contributed by atoms with E-state index in [9.17, 15) is 10.2 Å². The highest BCUT2D eigenvalue weighted by Crippen LogP contribution is 2.44. The third-order valence-corrected chi connectivity index (χ3v) is 4.14. The second-order valence-corrected chi connectivity index (χ2v) is 5.31. The number of nitrogens with zero attached hydrogens (tertiary/aromatic N) is 6. The molecule has 122 valence electrons. The number of aliphatic hydroxyl groups excluding tert-OH is 2. The predicted octanol–water partition coefficient (Wildman–Crippen LogP) is -0.437. The summed E-state index contributed by atoms with van der Waals surface area (Å²) in [6.45, 7) is 1.27. The van der Waals surface area contributed by atoms with Crippen LogP contribution in [0.1, 0.15) is 19.6 Å². The molecule has 23 heavy (non-hydrogen) atoms. The number of aromatic nitrogens is 4. The van der Waals surface area contributed by atoms with Crippen LogP contribution >= 0.6 is 0 Å². The number of nitrogens with one attached hydrogen (secondary N) is 1. The first-order valence-electron chi connectivity index (χ1n) is 7.06. The molecule has 0 spiro atoms. The maximum Gasteiger partial charge on any atom is 0.293 e. The van der Waals surface area contributed by atoms with Crippen LogP contribution in [0.25, 0.3) is 11.2 Å². The Labute approximate surface area is 130 Å². The molecule has 11 heteroatoms. The van der Waals surface area contributed by atoms with Crippen LogP contribution < -0.4 is 10.6 Å². The van der Waals surface area contributed by atoms with Gasteiger partial charge >= 0.3 is 0 Å². The zero-order chi connectivity index (χ0) is 16.6. The number of hydrogen-bond donors (Lipinski definition) is 4. The van der Waals surface area contributed by atoms with Gasteiger partial charge in [-0.1, -0.05) is 6.92 Å². The fourth-order valence-electron chi connectivity index (χ4n) is 2.93. The Hall–Kier alpha value is -2.46. The minimum absolute atomic E-state index is 0.236. The minimum atomic E-state index is -1.68. The largest absolute Gasteiger partial charge is 0.391 e. The van der Waals surface area contributed by atoms with Gasteiger partial charge in [-0.05, 0) is 6.42 Å². The molecule has 0 amide bonds. The van der Waals surface area contributed by atoms with Crippen LogP contribution in [0.3, 0.4) is 0 Å². The minimum Gasteiger partial charge on any atom is -0.391 e. The molecule has 0 aliphatic carbocycles. The number of ether oxygens (including phenoxy) is 1. The van der Waals surface area contributed by atoms with E-state index < -0.39 is 30.6 Å². The lowest BCUT2D eigenvalue weighted by Crippen LogP contribution is -2.43. The summed E-state index contributed by atoms with van der Waals surface area (Å²) in [6.07, 6.45) is 1.52. The number of fused-ring (bicyclic) bond motifs is 1. The predicted molar refractivity (Wildman–Crippen MR) is 76.7 cm³/mol. The number of anilines is 1. The van der Waals surface area contributed by atoms with Gasteiger partial charge in [-0.15, -0.1) is 0 Å². The summed E-state index contributed by atoms with van der Waals surface area (Å²) in [6, 6.07) is 0. The number of hydrogen-bond acceptors (Lipinski definition) is 9. The van der Waals surface area contributed by atoms with Crippen molar-refractivity contribution < 1.29 is 14.9 Å². The SMILES string of the molecule is CC[C@@H]1[C@H](n2cnc3c(N)ncnc32)O[C@@](CO)(N=[N+]=N)[C@H]1O. The van der Waals surface area contributed by atoms with Crippen molar-refractivity contribution in [1.82, 2.24) is 24.4 Å². The highest BCUT2D eigenvalue weighted by atomic mass is 16.6. The van der Waals surface area contributed by atoms with Gasteiger partial charge in [0.25, 0.3) is 5.72 Å². The van der Waals surface area contributed by atoms with Crippen LogP contribution in [-0.4, -0.2) is 48.2 Å². The Kier molecular flexibility index (Phi) is 3.78. The first-order valence-corrected chi connectivity index (χ1v) is 7.06. The Morgan fingerprint density at radius 2 is 2.30 bits per heavy atom. The number of imidazole rings is 1. The van der Waals surface area contributed by atoms with Crippen molar-refractivity contribution in [2.75, 3.05) is 12.3 Å². The topological polar surface area (TPSA) is 170 Å². The summed E-state index contributed by atoms with van der Waals surface area (Å²) < 4.78 is 7.40. The van der Waals surface area contributed by atoms with Crippen molar-refractivity contribution in [3.63, 3.8) is 0 Å². The van der Waals surface area contributed by atoms with Crippen LogP contribution in [0.4, 0.5) is 5.82 Å². The average molecular weight is 321 g/mol. The Balaban J connectivity index is 2.11. The van der Waals surface area contributed by atoms with Crippen molar-refractivity contribution in [3.8, 4) is 0 Å². The molecule has 0 aromatic carbocycles. The molecule has 2 aromatic rings. The molecule has 5 N–H and O–H groups in total. The van der Waals surface area contributed by atoms with E-state index in [0.717, 1.165) is 0 Å². The van der Waals surface area contributed by atoms with Crippen LogP contribution in [-0.2, 0) is 4.74 Å². The molecule has 1 aliphatic heterocycles. The molecule has 11 nitrogen and oxygen atoms in total. The molecular formula is C12H17N8O3+. The highest BCUT2D eigenvalue weighted by molar-refractivity contribution is 5.81. The lowest BCUT2D eigenvalue weighted by atomic mass is 9.94. The van der Waals surface area contributed by atoms with E-state index in [1.54, 1.807) is 4.57 Å². The van der Waals surface area contributed by atoms with Gasteiger partial charge in [0.2, 0.25) is 4.91 Å². The van der Waals surface area contributed by atoms with Crippen LogP contribution in [0.5, 0.6) is 0 Å². The normalized spacial score (nSPS) is 30.5. The maximum atomic E-state index is 10.5. The standard InChI is InChI=1S/C12H17N8O3/c1-2-6-8(22)12(3-21,18-19-14)23-11(6)20-5-17-7-9(13)15-4-16-10(7)20/h4-6,8,11,14,21-22H,2-3H2,1H3,(H2,13,15,16)/q+1/t6-,8-,11+,12+/m0/s1. The van der Waals surface area contributed by atoms with Gasteiger partial charge in [-0.25, -0.2) is 15.0 Å². The Morgan fingerprint density at radius 1 is 1.52 bits per heavy atom. The van der Waals surface area contributed by atoms with Gasteiger partial charge in [0, 0.05) is 5.92 Å². The second kappa shape index (κ2) is 5.63. The fraction of sp³-hybridized carbons (Fsp3) is 0.583. The summed E-state index contributed by atoms with van der Waals surface area (Å²) >= 11 is 0. The molecule has 3 rings (SSSR count). The van der Waals surface area contributed by atoms with Gasteiger partial charge in [0.1, 0.15) is 36.3 Å². The monoisotopic (exact) mass is 321 g/mol. The van der Waals surface area contributed by atoms with Gasteiger partial charge in [-0.3, -0.25) is 4.57 Å². The van der Waals surface area contributed by atoms with Gasteiger partial charge in [-0.2, -0.15) is 0 Å². The molecule has 0 bridgehead atoms. The summed E-state index contributed by atoms with van der Waals surface area (Å²) in [4.78, 5) is 15.1. The third kappa shape index (κ3) is 2.18. The lowest BCUT2D eigenvalue weighted by Gasteiger charge is -2.19. The van der Waals surface area contributed by atoms with Crippen molar-refractivity contribution in [1.29, 1.82) is 5.53 Å². The first kappa shape index (κ1) is 15.4. The third-order valence-electron chi connectivity index (χ3n) is 4.14. The van der Waals surface area contributed by atoms with Crippen LogP contribution in [0, 0.1) is 11.4 Å². The molecule has 4 atom stereocenters. The molecule has 0 radical (unpaired) electrons. The zero-order valence-electron chi connectivity index (χ0n) is 12.4. The van der Waals surface area contributed by atoms with E-state index in [0.29, 0.717) is 17.6 Å². The van der Waals surface area contributed by atoms with Gasteiger partial charge < -0.3 is 20.7 Å². The number of nitrogen functional groups attached to an aromatic ring is 1. The number of aliphatic hydroxyl groups is 2. The molecule has 0 saturated carbocycles. The quantitative estimate of drug-likeness (QED) is 0.437. The van der Waals surface area contributed by atoms with E-state index in [-0.39, 0.29) is 5.82 Å². The Morgan fingerprint density at radius 3 is 2.96 bits per heavy atom. The van der Waals surface area contributed by atoms with Crippen molar-refractivity contribution in [2.24, 2.45) is 11.0 Å². The van der Waals surface area contributed by atoms with Gasteiger partial charge in [0.15, 0.2) is 16.6 Å². The first-order chi connectivity index (χ1) is 11.1. The van der Waals surface area contributed by atoms with Crippen molar-refractivity contribution in [2.45, 2.75) is 31.4 Å². The number of nitrogens with two attached hydrogens (primary N) is 1. The summed E-state index contributed by atoms with van der Waals surface area (Å²) in [5, 5.41) is 23.7. The smallest absolute Gasteiger partial charge is 0.293 e. The lowest BCUT2D eigenvalue weighted by molar-refractivity contribution is -0.126. The molecule has 3 heterocycles. The highest BCUT2D eigenvalue weighted by Gasteiger charge is 2.58. The van der Waals surface area contributed by atoms with Crippen molar-refractivity contribution >= 4 is 17.0 Å². The van der Waals surface area contributed by atoms with Crippen LogP contribution in [0.2, 0.25) is 0 Å². The molecule has 0 unspecified atom stereocenters. The fourth-order valence-corrected chi connectivity index (χ4v) is 2.93. The Bertz CT molecular complexity index is 773. The van der Waals surface area contributed by atoms with Gasteiger partial charge in [0.05, 0.1) is 6.33 Å². The van der Waals surface area contributed by atoms with E-state index in [1.807, 2.05) is 6.92 Å². The zero-order valence-corrected chi connectivity index (χ0v) is 12.4. The second-order valence-electron chi connectivity index (χ2n) is 5.31. The molecular weight excluding hydrogens is 304 g/mol. The van der Waals surface area contributed by atoms with E-state index >= 15 is 0 Å². The van der Waals surface area contributed by atoms with Crippen molar-refractivity contribution in [3.05, 3.63) is 12.7 Å². The molecule has 2 aromatic heterocycles. The molecule has 1 saturated heterocycles. The molecule has 1 aliphatic rings. The maximum absolute atomic E-state index is 10.5. The van der Waals surface area contributed by atoms with E-state index in [1.165, 1.54) is 12.7 Å². The van der Waals surface area contributed by atoms with Crippen LogP contribution in [0.15, 0.2) is 17.8 Å². The molecule has 1 fully saturated rings. The van der Waals surface area contributed by atoms with E-state index in [4.69, 9.17) is 16.0 Å². The summed E-state index contributed by atoms with van der Waals surface area (Å²) in [5.41, 5.74) is 11.9. The van der Waals surface area contributed by atoms with E-state index in [2.05, 4.69) is 25.0 Å². The summed E-state index contributed by atoms with van der Waals surface area (Å²) in [5.74, 6) is -0.166.